The van der Waals surface area contributed by atoms with Gasteiger partial charge in [-0.15, -0.1) is 16.4 Å². The van der Waals surface area contributed by atoms with Crippen molar-refractivity contribution in [1.82, 2.24) is 30.1 Å². The summed E-state index contributed by atoms with van der Waals surface area (Å²) in [6.45, 7) is 10.7. The first-order valence-electron chi connectivity index (χ1n) is 13.2. The van der Waals surface area contributed by atoms with Crippen LogP contribution in [0.2, 0.25) is 0 Å². The Morgan fingerprint density at radius 1 is 1.27 bits per heavy atom. The molecule has 37 heavy (non-hydrogen) atoms. The van der Waals surface area contributed by atoms with Gasteiger partial charge in [-0.25, -0.2) is 4.68 Å². The number of benzene rings is 1. The van der Waals surface area contributed by atoms with Gasteiger partial charge in [0.15, 0.2) is 5.82 Å². The van der Waals surface area contributed by atoms with Crippen LogP contribution in [0.4, 0.5) is 0 Å². The van der Waals surface area contributed by atoms with Crippen molar-refractivity contribution in [3.8, 4) is 0 Å². The Kier molecular flexibility index (Phi) is 7.55. The fourth-order valence-electron chi connectivity index (χ4n) is 5.05. The molecule has 0 aliphatic carbocycles. The Labute approximate surface area is 221 Å². The molecule has 3 aromatic heterocycles. The summed E-state index contributed by atoms with van der Waals surface area (Å²) in [6.07, 6.45) is 3.95. The van der Waals surface area contributed by atoms with Crippen LogP contribution < -0.4 is 5.56 Å². The molecule has 1 fully saturated rings. The smallest absolute Gasteiger partial charge is 0.253 e. The highest BCUT2D eigenvalue weighted by Gasteiger charge is 2.36. The number of hydrogen-bond acceptors (Lipinski definition) is 7. The normalized spacial score (nSPS) is 17.2. The van der Waals surface area contributed by atoms with E-state index in [1.807, 2.05) is 16.8 Å². The molecule has 1 aliphatic rings. The van der Waals surface area contributed by atoms with Crippen LogP contribution in [-0.2, 0) is 23.2 Å². The first kappa shape index (κ1) is 25.8. The van der Waals surface area contributed by atoms with Gasteiger partial charge in [-0.05, 0) is 90.6 Å². The van der Waals surface area contributed by atoms with Gasteiger partial charge in [0, 0.05) is 35.7 Å². The van der Waals surface area contributed by atoms with Crippen LogP contribution in [0.1, 0.15) is 74.8 Å². The molecule has 0 saturated carbocycles. The number of ether oxygens (including phenoxy) is 1. The Hall–Kier alpha value is -2.88. The summed E-state index contributed by atoms with van der Waals surface area (Å²) < 4.78 is 7.98. The lowest BCUT2D eigenvalue weighted by atomic mass is 9.98. The molecule has 0 amide bonds. The van der Waals surface area contributed by atoms with E-state index in [2.05, 4.69) is 82.7 Å². The minimum absolute atomic E-state index is 0.109. The zero-order valence-electron chi connectivity index (χ0n) is 22.1. The van der Waals surface area contributed by atoms with Crippen LogP contribution in [-0.4, -0.2) is 49.3 Å². The second kappa shape index (κ2) is 10.8. The van der Waals surface area contributed by atoms with E-state index in [-0.39, 0.29) is 17.2 Å². The molecular formula is C28H36N6O2S. The van der Waals surface area contributed by atoms with Crippen LogP contribution in [0, 0.1) is 0 Å². The van der Waals surface area contributed by atoms with Crippen LogP contribution in [0.5, 0.6) is 0 Å². The molecule has 1 saturated heterocycles. The fourth-order valence-corrected chi connectivity index (χ4v) is 5.78. The van der Waals surface area contributed by atoms with Crippen molar-refractivity contribution in [1.29, 1.82) is 0 Å². The second-order valence-electron chi connectivity index (χ2n) is 10.5. The highest BCUT2D eigenvalue weighted by Crippen LogP contribution is 2.33. The molecule has 1 N–H and O–H groups in total. The fraction of sp³-hybridized carbons (Fsp3) is 0.500. The average molecular weight is 521 g/mol. The largest absolute Gasteiger partial charge is 0.377 e. The van der Waals surface area contributed by atoms with Crippen LogP contribution in [0.15, 0.2) is 46.6 Å². The molecule has 2 atom stereocenters. The molecule has 0 bridgehead atoms. The van der Waals surface area contributed by atoms with Gasteiger partial charge in [0.05, 0.1) is 11.6 Å². The van der Waals surface area contributed by atoms with Gasteiger partial charge < -0.3 is 9.72 Å². The van der Waals surface area contributed by atoms with Gasteiger partial charge >= 0.3 is 0 Å². The number of aromatic amines is 1. The number of thiophene rings is 1. The third kappa shape index (κ3) is 5.39. The van der Waals surface area contributed by atoms with Crippen molar-refractivity contribution in [2.75, 3.05) is 13.2 Å². The number of pyridine rings is 1. The van der Waals surface area contributed by atoms with E-state index >= 15 is 0 Å². The maximum absolute atomic E-state index is 13.7. The number of tetrazole rings is 1. The number of aryl methyl sites for hydroxylation is 1. The summed E-state index contributed by atoms with van der Waals surface area (Å²) in [5.41, 5.74) is 2.29. The third-order valence-electron chi connectivity index (χ3n) is 7.58. The number of H-pyrrole nitrogens is 1. The lowest BCUT2D eigenvalue weighted by Gasteiger charge is -2.34. The van der Waals surface area contributed by atoms with Crippen molar-refractivity contribution in [2.45, 2.75) is 77.6 Å². The monoisotopic (exact) mass is 520 g/mol. The van der Waals surface area contributed by atoms with Crippen molar-refractivity contribution in [3.05, 3.63) is 74.0 Å². The summed E-state index contributed by atoms with van der Waals surface area (Å²) in [4.78, 5) is 20.4. The Balaban J connectivity index is 1.70. The summed E-state index contributed by atoms with van der Waals surface area (Å²) in [5, 5.41) is 16.2. The molecule has 196 valence electrons. The predicted molar refractivity (Wildman–Crippen MR) is 147 cm³/mol. The van der Waals surface area contributed by atoms with Crippen LogP contribution in [0.3, 0.4) is 0 Å². The Morgan fingerprint density at radius 3 is 2.84 bits per heavy atom. The molecule has 0 radical (unpaired) electrons. The van der Waals surface area contributed by atoms with E-state index in [0.717, 1.165) is 43.2 Å². The summed E-state index contributed by atoms with van der Waals surface area (Å²) in [6, 6.07) is 12.0. The minimum Gasteiger partial charge on any atom is -0.377 e. The number of nitrogens with one attached hydrogen (secondary N) is 1. The van der Waals surface area contributed by atoms with Crippen molar-refractivity contribution >= 4 is 22.2 Å². The Morgan fingerprint density at radius 2 is 2.14 bits per heavy atom. The summed E-state index contributed by atoms with van der Waals surface area (Å²) in [7, 11) is 0. The van der Waals surface area contributed by atoms with E-state index < -0.39 is 6.04 Å². The third-order valence-corrected chi connectivity index (χ3v) is 8.44. The molecule has 5 rings (SSSR count). The van der Waals surface area contributed by atoms with E-state index in [0.29, 0.717) is 24.5 Å². The van der Waals surface area contributed by atoms with Crippen molar-refractivity contribution < 1.29 is 4.74 Å². The molecule has 0 spiro atoms. The van der Waals surface area contributed by atoms with Gasteiger partial charge in [0.25, 0.3) is 5.56 Å². The van der Waals surface area contributed by atoms with Gasteiger partial charge in [0.1, 0.15) is 6.04 Å². The Bertz CT molecular complexity index is 1390. The van der Waals surface area contributed by atoms with Crippen molar-refractivity contribution in [3.63, 3.8) is 0 Å². The number of rotatable bonds is 10. The van der Waals surface area contributed by atoms with Gasteiger partial charge in [-0.1, -0.05) is 26.0 Å². The van der Waals surface area contributed by atoms with Crippen LogP contribution in [0.25, 0.3) is 10.9 Å². The zero-order valence-corrected chi connectivity index (χ0v) is 22.9. The molecule has 1 aliphatic heterocycles. The summed E-state index contributed by atoms with van der Waals surface area (Å²) >= 11 is 1.72. The zero-order chi connectivity index (χ0) is 26.0. The average Bonchev–Trinajstić information content (AvgIpc) is 3.68. The quantitative estimate of drug-likeness (QED) is 0.315. The molecule has 8 nitrogen and oxygen atoms in total. The maximum Gasteiger partial charge on any atom is 0.253 e. The summed E-state index contributed by atoms with van der Waals surface area (Å²) in [5.74, 6) is 0.679. The number of aromatic nitrogens is 5. The van der Waals surface area contributed by atoms with Gasteiger partial charge in [-0.2, -0.15) is 0 Å². The first-order chi connectivity index (χ1) is 17.9. The molecule has 4 aromatic rings. The lowest BCUT2D eigenvalue weighted by Crippen LogP contribution is -2.41. The first-order valence-corrected chi connectivity index (χ1v) is 14.1. The van der Waals surface area contributed by atoms with E-state index in [4.69, 9.17) is 4.74 Å². The molecule has 0 unspecified atom stereocenters. The lowest BCUT2D eigenvalue weighted by molar-refractivity contribution is 0.0566. The molecule has 1 aromatic carbocycles. The number of hydrogen-bond donors (Lipinski definition) is 1. The molecule has 4 heterocycles. The van der Waals surface area contributed by atoms with Crippen LogP contribution >= 0.6 is 11.3 Å². The topological polar surface area (TPSA) is 88.9 Å². The predicted octanol–water partition coefficient (Wildman–Crippen LogP) is 5.05. The van der Waals surface area contributed by atoms with E-state index in [1.165, 1.54) is 10.4 Å². The maximum atomic E-state index is 13.7. The van der Waals surface area contributed by atoms with Crippen molar-refractivity contribution in [2.24, 2.45) is 0 Å². The van der Waals surface area contributed by atoms with E-state index in [1.54, 1.807) is 11.3 Å². The highest BCUT2D eigenvalue weighted by molar-refractivity contribution is 7.09. The number of nitrogens with zero attached hydrogens (tertiary/aromatic N) is 5. The standard InChI is InChI=1S/C28H36N6O2S/c1-5-19-11-12-24-20(15-19)16-23(27(35)29-24)25(26-30-31-32-34(26)28(3,4)6-2)33(17-21-9-7-13-36-21)18-22-10-8-14-37-22/h8,10-12,14-16,21,25H,5-7,9,13,17-18H2,1-4H3,(H,29,35)/t21-,25-/m1/s1. The molecular weight excluding hydrogens is 484 g/mol. The number of fused-ring (bicyclic) bond motifs is 1. The molecule has 9 heteroatoms. The minimum atomic E-state index is -0.439. The van der Waals surface area contributed by atoms with Gasteiger partial charge in [-0.3, -0.25) is 9.69 Å². The SMILES string of the molecule is CCc1ccc2[nH]c(=O)c([C@H](c3nnnn3C(C)(C)CC)N(Cc3cccs3)C[C@H]3CCCO3)cc2c1. The van der Waals surface area contributed by atoms with E-state index in [9.17, 15) is 4.79 Å². The second-order valence-corrected chi connectivity index (χ2v) is 11.5. The van der Waals surface area contributed by atoms with Gasteiger partial charge in [0.2, 0.25) is 0 Å². The highest BCUT2D eigenvalue weighted by atomic mass is 32.1.